The second-order valence-corrected chi connectivity index (χ2v) is 3.70. The van der Waals surface area contributed by atoms with Crippen LogP contribution in [0.2, 0.25) is 0 Å². The van der Waals surface area contributed by atoms with Crippen molar-refractivity contribution >= 4 is 5.69 Å². The van der Waals surface area contributed by atoms with Crippen LogP contribution in [-0.4, -0.2) is 7.11 Å². The quantitative estimate of drug-likeness (QED) is 0.859. The minimum absolute atomic E-state index is 0.113. The molecule has 0 unspecified atom stereocenters. The average Bonchev–Trinajstić information content (AvgIpc) is 2.41. The third-order valence-corrected chi connectivity index (χ3v) is 2.55. The van der Waals surface area contributed by atoms with Gasteiger partial charge in [-0.3, -0.25) is 0 Å². The van der Waals surface area contributed by atoms with Gasteiger partial charge in [-0.05, 0) is 24.3 Å². The molecule has 0 bridgehead atoms. The maximum Gasteiger partial charge on any atom is 0.154 e. The van der Waals surface area contributed by atoms with Crippen LogP contribution < -0.4 is 15.2 Å². The molecule has 0 radical (unpaired) electrons. The summed E-state index contributed by atoms with van der Waals surface area (Å²) >= 11 is 0. The van der Waals surface area contributed by atoms with Crippen molar-refractivity contribution in [2.45, 2.75) is 0 Å². The molecule has 0 aliphatic heterocycles. The van der Waals surface area contributed by atoms with E-state index >= 15 is 0 Å². The molecule has 2 rings (SSSR count). The Kier molecular flexibility index (Phi) is 3.53. The standard InChI is InChI=1S/C14H11FN2O2/c1-18-12-6-3-7-13(14(12)17)19-11-5-2-4-10(15)9(11)8-16/h2-7H,17H2,1H3. The number of hydrogen-bond donors (Lipinski definition) is 1. The highest BCUT2D eigenvalue weighted by Crippen LogP contribution is 2.35. The van der Waals surface area contributed by atoms with Crippen LogP contribution in [0.4, 0.5) is 10.1 Å². The lowest BCUT2D eigenvalue weighted by atomic mass is 10.2. The summed E-state index contributed by atoms with van der Waals surface area (Å²) < 4.78 is 24.0. The molecule has 5 heteroatoms. The molecule has 2 N–H and O–H groups in total. The van der Waals surface area contributed by atoms with Gasteiger partial charge in [-0.25, -0.2) is 4.39 Å². The summed E-state index contributed by atoms with van der Waals surface area (Å²) in [5, 5.41) is 8.92. The molecular weight excluding hydrogens is 247 g/mol. The number of hydrogen-bond acceptors (Lipinski definition) is 4. The number of anilines is 1. The second-order valence-electron chi connectivity index (χ2n) is 3.70. The molecule has 0 spiro atoms. The van der Waals surface area contributed by atoms with Crippen molar-refractivity contribution in [2.75, 3.05) is 12.8 Å². The summed E-state index contributed by atoms with van der Waals surface area (Å²) in [4.78, 5) is 0. The highest BCUT2D eigenvalue weighted by Gasteiger charge is 2.12. The van der Waals surface area contributed by atoms with Gasteiger partial charge in [0.05, 0.1) is 7.11 Å². The van der Waals surface area contributed by atoms with Crippen molar-refractivity contribution < 1.29 is 13.9 Å². The van der Waals surface area contributed by atoms with Gasteiger partial charge in [0.15, 0.2) is 5.75 Å². The zero-order valence-corrected chi connectivity index (χ0v) is 10.2. The summed E-state index contributed by atoms with van der Waals surface area (Å²) in [6.07, 6.45) is 0. The molecule has 0 saturated carbocycles. The first-order valence-electron chi connectivity index (χ1n) is 5.46. The van der Waals surface area contributed by atoms with E-state index in [4.69, 9.17) is 20.5 Å². The summed E-state index contributed by atoms with van der Waals surface area (Å²) in [7, 11) is 1.48. The van der Waals surface area contributed by atoms with Gasteiger partial charge >= 0.3 is 0 Å². The maximum absolute atomic E-state index is 13.4. The average molecular weight is 258 g/mol. The van der Waals surface area contributed by atoms with Crippen molar-refractivity contribution in [3.63, 3.8) is 0 Å². The first-order valence-corrected chi connectivity index (χ1v) is 5.46. The largest absolute Gasteiger partial charge is 0.494 e. The lowest BCUT2D eigenvalue weighted by Crippen LogP contribution is -1.97. The van der Waals surface area contributed by atoms with E-state index in [0.29, 0.717) is 11.5 Å². The molecule has 0 amide bonds. The molecule has 2 aromatic carbocycles. The van der Waals surface area contributed by atoms with Gasteiger partial charge in [0.2, 0.25) is 0 Å². The number of nitrogens with two attached hydrogens (primary N) is 1. The van der Waals surface area contributed by atoms with Crippen LogP contribution in [0.15, 0.2) is 36.4 Å². The number of ether oxygens (including phenoxy) is 2. The van der Waals surface area contributed by atoms with Crippen LogP contribution >= 0.6 is 0 Å². The van der Waals surface area contributed by atoms with Crippen molar-refractivity contribution in [1.29, 1.82) is 5.26 Å². The Balaban J connectivity index is 2.43. The Morgan fingerprint density at radius 3 is 2.42 bits per heavy atom. The van der Waals surface area contributed by atoms with Crippen LogP contribution in [0.1, 0.15) is 5.56 Å². The molecule has 0 atom stereocenters. The van der Waals surface area contributed by atoms with Crippen molar-refractivity contribution in [2.24, 2.45) is 0 Å². The third-order valence-electron chi connectivity index (χ3n) is 2.55. The Morgan fingerprint density at radius 1 is 1.11 bits per heavy atom. The zero-order valence-electron chi connectivity index (χ0n) is 10.2. The molecule has 0 aromatic heterocycles. The van der Waals surface area contributed by atoms with E-state index in [1.807, 2.05) is 0 Å². The number of methoxy groups -OCH3 is 1. The van der Waals surface area contributed by atoms with E-state index in [2.05, 4.69) is 0 Å². The molecule has 96 valence electrons. The predicted octanol–water partition coefficient (Wildman–Crippen LogP) is 3.08. The normalized spacial score (nSPS) is 9.74. The monoisotopic (exact) mass is 258 g/mol. The Bertz CT molecular complexity index is 650. The fourth-order valence-corrected chi connectivity index (χ4v) is 1.61. The van der Waals surface area contributed by atoms with E-state index in [1.165, 1.54) is 25.3 Å². The number of nitrogens with zero attached hydrogens (tertiary/aromatic N) is 1. The van der Waals surface area contributed by atoms with E-state index in [0.717, 1.165) is 0 Å². The molecule has 0 aliphatic carbocycles. The first kappa shape index (κ1) is 12.7. The molecule has 0 saturated heterocycles. The fraction of sp³-hybridized carbons (Fsp3) is 0.0714. The summed E-state index contributed by atoms with van der Waals surface area (Å²) in [6, 6.07) is 10.9. The van der Waals surface area contributed by atoms with Crippen LogP contribution in [0.25, 0.3) is 0 Å². The first-order chi connectivity index (χ1) is 9.17. The minimum Gasteiger partial charge on any atom is -0.494 e. The van der Waals surface area contributed by atoms with Gasteiger partial charge in [0.25, 0.3) is 0 Å². The van der Waals surface area contributed by atoms with Crippen LogP contribution in [0, 0.1) is 17.1 Å². The highest BCUT2D eigenvalue weighted by molar-refractivity contribution is 5.64. The molecule has 0 aliphatic rings. The number of rotatable bonds is 3. The van der Waals surface area contributed by atoms with Crippen molar-refractivity contribution in [3.8, 4) is 23.3 Å². The molecule has 0 fully saturated rings. The molecule has 4 nitrogen and oxygen atoms in total. The van der Waals surface area contributed by atoms with Gasteiger partial charge in [-0.1, -0.05) is 12.1 Å². The van der Waals surface area contributed by atoms with Crippen LogP contribution in [0.5, 0.6) is 17.2 Å². The summed E-state index contributed by atoms with van der Waals surface area (Å²) in [6.45, 7) is 0. The summed E-state index contributed by atoms with van der Waals surface area (Å²) in [5.41, 5.74) is 5.97. The van der Waals surface area contributed by atoms with E-state index in [1.54, 1.807) is 24.3 Å². The number of nitriles is 1. The molecule has 19 heavy (non-hydrogen) atoms. The fourth-order valence-electron chi connectivity index (χ4n) is 1.61. The maximum atomic E-state index is 13.4. The number of halogens is 1. The van der Waals surface area contributed by atoms with E-state index < -0.39 is 5.82 Å². The van der Waals surface area contributed by atoms with Gasteiger partial charge in [-0.2, -0.15) is 5.26 Å². The van der Waals surface area contributed by atoms with E-state index in [9.17, 15) is 4.39 Å². The lowest BCUT2D eigenvalue weighted by molar-refractivity contribution is 0.412. The summed E-state index contributed by atoms with van der Waals surface area (Å²) in [5.74, 6) is 0.234. The number of nitrogen functional groups attached to an aromatic ring is 1. The van der Waals surface area contributed by atoms with Gasteiger partial charge in [0.1, 0.15) is 34.6 Å². The van der Waals surface area contributed by atoms with Crippen molar-refractivity contribution in [1.82, 2.24) is 0 Å². The molecule has 2 aromatic rings. The minimum atomic E-state index is -0.638. The highest BCUT2D eigenvalue weighted by atomic mass is 19.1. The van der Waals surface area contributed by atoms with Gasteiger partial charge < -0.3 is 15.2 Å². The molecule has 0 heterocycles. The zero-order chi connectivity index (χ0) is 13.8. The predicted molar refractivity (Wildman–Crippen MR) is 68.6 cm³/mol. The van der Waals surface area contributed by atoms with Crippen LogP contribution in [-0.2, 0) is 0 Å². The van der Waals surface area contributed by atoms with Gasteiger partial charge in [0, 0.05) is 0 Å². The second kappa shape index (κ2) is 5.27. The number of para-hydroxylation sites is 1. The Hall–Kier alpha value is -2.74. The topological polar surface area (TPSA) is 68.3 Å². The van der Waals surface area contributed by atoms with Gasteiger partial charge in [-0.15, -0.1) is 0 Å². The van der Waals surface area contributed by atoms with E-state index in [-0.39, 0.29) is 17.0 Å². The SMILES string of the molecule is COc1cccc(Oc2cccc(F)c2C#N)c1N. The Labute approximate surface area is 109 Å². The Morgan fingerprint density at radius 2 is 1.74 bits per heavy atom. The molecular formula is C14H11FN2O2. The van der Waals surface area contributed by atoms with Crippen LogP contribution in [0.3, 0.4) is 0 Å². The van der Waals surface area contributed by atoms with Crippen molar-refractivity contribution in [3.05, 3.63) is 47.8 Å². The third kappa shape index (κ3) is 2.43. The number of benzene rings is 2. The lowest BCUT2D eigenvalue weighted by Gasteiger charge is -2.12. The smallest absolute Gasteiger partial charge is 0.154 e.